The van der Waals surface area contributed by atoms with Crippen LogP contribution >= 0.6 is 0 Å². The van der Waals surface area contributed by atoms with E-state index in [2.05, 4.69) is 15.5 Å². The molecule has 74 valence electrons. The fraction of sp³-hybridized carbons (Fsp3) is 0.111. The number of aromatic nitrogens is 4. The van der Waals surface area contributed by atoms with Crippen molar-refractivity contribution in [2.24, 2.45) is 0 Å². The molecular formula is C9H6FN5. The van der Waals surface area contributed by atoms with Crippen LogP contribution in [0.4, 0.5) is 4.39 Å². The maximum absolute atomic E-state index is 13.0. The highest BCUT2D eigenvalue weighted by molar-refractivity contribution is 5.33. The van der Waals surface area contributed by atoms with Crippen LogP contribution in [0.2, 0.25) is 0 Å². The summed E-state index contributed by atoms with van der Waals surface area (Å²) < 4.78 is 14.5. The van der Waals surface area contributed by atoms with Crippen LogP contribution in [-0.2, 0) is 6.54 Å². The molecule has 5 nitrogen and oxygen atoms in total. The number of hydrogen-bond donors (Lipinski definition) is 0. The van der Waals surface area contributed by atoms with Crippen molar-refractivity contribution in [1.29, 1.82) is 5.26 Å². The first-order chi connectivity index (χ1) is 7.28. The van der Waals surface area contributed by atoms with Crippen molar-refractivity contribution in [3.8, 4) is 6.07 Å². The summed E-state index contributed by atoms with van der Waals surface area (Å²) >= 11 is 0. The van der Waals surface area contributed by atoms with E-state index in [1.165, 1.54) is 23.1 Å². The fourth-order valence-corrected chi connectivity index (χ4v) is 1.25. The summed E-state index contributed by atoms with van der Waals surface area (Å²) in [6.45, 7) is 0.347. The van der Waals surface area contributed by atoms with Gasteiger partial charge in [-0.2, -0.15) is 5.26 Å². The normalized spacial score (nSPS) is 9.87. The van der Waals surface area contributed by atoms with Crippen LogP contribution in [-0.4, -0.2) is 20.2 Å². The summed E-state index contributed by atoms with van der Waals surface area (Å²) in [5.41, 5.74) is 0.942. The Morgan fingerprint density at radius 2 is 2.27 bits per heavy atom. The topological polar surface area (TPSA) is 67.4 Å². The van der Waals surface area contributed by atoms with Gasteiger partial charge in [-0.15, -0.1) is 5.10 Å². The second-order valence-corrected chi connectivity index (χ2v) is 2.97. The molecule has 6 heteroatoms. The molecule has 0 saturated heterocycles. The van der Waals surface area contributed by atoms with E-state index in [9.17, 15) is 4.39 Å². The van der Waals surface area contributed by atoms with Gasteiger partial charge in [-0.3, -0.25) is 0 Å². The highest BCUT2D eigenvalue weighted by Gasteiger charge is 2.02. The third-order valence-electron chi connectivity index (χ3n) is 1.82. The molecule has 0 aliphatic heterocycles. The van der Waals surface area contributed by atoms with E-state index < -0.39 is 5.82 Å². The number of tetrazole rings is 1. The largest absolute Gasteiger partial charge is 0.228 e. The molecule has 0 N–H and O–H groups in total. The number of rotatable bonds is 2. The first-order valence-electron chi connectivity index (χ1n) is 4.18. The minimum Gasteiger partial charge on any atom is -0.228 e. The summed E-state index contributed by atoms with van der Waals surface area (Å²) in [5.74, 6) is -0.433. The lowest BCUT2D eigenvalue weighted by Crippen LogP contribution is -2.01. The molecule has 1 aromatic carbocycles. The van der Waals surface area contributed by atoms with Crippen LogP contribution in [0.5, 0.6) is 0 Å². The van der Waals surface area contributed by atoms with Crippen molar-refractivity contribution in [3.05, 3.63) is 41.5 Å². The van der Waals surface area contributed by atoms with Crippen molar-refractivity contribution in [3.63, 3.8) is 0 Å². The third-order valence-corrected chi connectivity index (χ3v) is 1.82. The predicted octanol–water partition coefficient (Wildman–Crippen LogP) is 0.732. The molecule has 0 aliphatic rings. The van der Waals surface area contributed by atoms with Gasteiger partial charge in [0.25, 0.3) is 0 Å². The van der Waals surface area contributed by atoms with Gasteiger partial charge in [0.05, 0.1) is 18.2 Å². The standard InChI is InChI=1S/C9H6FN5/c10-9-2-7(4-11)1-8(3-9)5-15-6-12-13-14-15/h1-3,6H,5H2. The Hall–Kier alpha value is -2.29. The smallest absolute Gasteiger partial charge is 0.138 e. The van der Waals surface area contributed by atoms with E-state index in [0.717, 1.165) is 0 Å². The highest BCUT2D eigenvalue weighted by atomic mass is 19.1. The molecular weight excluding hydrogens is 197 g/mol. The SMILES string of the molecule is N#Cc1cc(F)cc(Cn2cnnn2)c1. The van der Waals surface area contributed by atoms with Crippen LogP contribution < -0.4 is 0 Å². The lowest BCUT2D eigenvalue weighted by molar-refractivity contribution is 0.613. The molecule has 0 atom stereocenters. The first-order valence-corrected chi connectivity index (χ1v) is 4.18. The number of hydrogen-bond acceptors (Lipinski definition) is 4. The molecule has 0 radical (unpaired) electrons. The van der Waals surface area contributed by atoms with Crippen molar-refractivity contribution in [2.75, 3.05) is 0 Å². The van der Waals surface area contributed by atoms with Crippen LogP contribution in [0.3, 0.4) is 0 Å². The summed E-state index contributed by atoms with van der Waals surface area (Å²) in [5, 5.41) is 19.2. The van der Waals surface area contributed by atoms with Gasteiger partial charge in [0.15, 0.2) is 0 Å². The van der Waals surface area contributed by atoms with E-state index >= 15 is 0 Å². The number of halogens is 1. The van der Waals surface area contributed by atoms with Gasteiger partial charge in [0.2, 0.25) is 0 Å². The van der Waals surface area contributed by atoms with E-state index in [4.69, 9.17) is 5.26 Å². The van der Waals surface area contributed by atoms with Crippen LogP contribution in [0.15, 0.2) is 24.5 Å². The quantitative estimate of drug-likeness (QED) is 0.721. The Kier molecular flexibility index (Phi) is 2.37. The van der Waals surface area contributed by atoms with Crippen LogP contribution in [0, 0.1) is 17.1 Å². The molecule has 0 bridgehead atoms. The zero-order valence-corrected chi connectivity index (χ0v) is 7.63. The predicted molar refractivity (Wildman–Crippen MR) is 48.0 cm³/mol. The summed E-state index contributed by atoms with van der Waals surface area (Å²) in [7, 11) is 0. The van der Waals surface area contributed by atoms with Crippen molar-refractivity contribution < 1.29 is 4.39 Å². The fourth-order valence-electron chi connectivity index (χ4n) is 1.25. The van der Waals surface area contributed by atoms with Crippen molar-refractivity contribution >= 4 is 0 Å². The van der Waals surface area contributed by atoms with Crippen LogP contribution in [0.25, 0.3) is 0 Å². The van der Waals surface area contributed by atoms with Crippen LogP contribution in [0.1, 0.15) is 11.1 Å². The second-order valence-electron chi connectivity index (χ2n) is 2.97. The van der Waals surface area contributed by atoms with Crippen molar-refractivity contribution in [2.45, 2.75) is 6.54 Å². The van der Waals surface area contributed by atoms with Gasteiger partial charge in [-0.05, 0) is 34.2 Å². The molecule has 0 saturated carbocycles. The van der Waals surface area contributed by atoms with Crippen molar-refractivity contribution in [1.82, 2.24) is 20.2 Å². The summed E-state index contributed by atoms with van der Waals surface area (Å²) in [4.78, 5) is 0. The molecule has 15 heavy (non-hydrogen) atoms. The minimum absolute atomic E-state index is 0.290. The molecule has 2 rings (SSSR count). The van der Waals surface area contributed by atoms with Gasteiger partial charge in [0.1, 0.15) is 12.1 Å². The average Bonchev–Trinajstić information content (AvgIpc) is 2.69. The lowest BCUT2D eigenvalue weighted by Gasteiger charge is -2.00. The molecule has 1 heterocycles. The zero-order chi connectivity index (χ0) is 10.7. The Morgan fingerprint density at radius 3 is 2.93 bits per heavy atom. The van der Waals surface area contributed by atoms with E-state index in [0.29, 0.717) is 12.1 Å². The van der Waals surface area contributed by atoms with Gasteiger partial charge < -0.3 is 0 Å². The zero-order valence-electron chi connectivity index (χ0n) is 7.63. The molecule has 0 amide bonds. The van der Waals surface area contributed by atoms with E-state index in [1.807, 2.05) is 6.07 Å². The summed E-state index contributed by atoms with van der Waals surface area (Å²) in [6.07, 6.45) is 1.43. The van der Waals surface area contributed by atoms with Gasteiger partial charge >= 0.3 is 0 Å². The Balaban J connectivity index is 2.29. The van der Waals surface area contributed by atoms with E-state index in [-0.39, 0.29) is 5.56 Å². The maximum atomic E-state index is 13.0. The third kappa shape index (κ3) is 2.14. The highest BCUT2D eigenvalue weighted by Crippen LogP contribution is 2.09. The molecule has 1 aromatic heterocycles. The number of nitrogens with zero attached hydrogens (tertiary/aromatic N) is 5. The van der Waals surface area contributed by atoms with Gasteiger partial charge in [0, 0.05) is 0 Å². The van der Waals surface area contributed by atoms with E-state index in [1.54, 1.807) is 6.07 Å². The average molecular weight is 203 g/mol. The van der Waals surface area contributed by atoms with Gasteiger partial charge in [-0.1, -0.05) is 0 Å². The molecule has 0 fully saturated rings. The Labute approximate surface area is 84.8 Å². The molecule has 0 spiro atoms. The number of benzene rings is 1. The second kappa shape index (κ2) is 3.84. The minimum atomic E-state index is -0.433. The Morgan fingerprint density at radius 1 is 1.40 bits per heavy atom. The number of nitriles is 1. The Bertz CT molecular complexity index is 500. The molecule has 0 unspecified atom stereocenters. The van der Waals surface area contributed by atoms with Gasteiger partial charge in [-0.25, -0.2) is 9.07 Å². The summed E-state index contributed by atoms with van der Waals surface area (Å²) in [6, 6.07) is 6.02. The molecule has 0 aliphatic carbocycles. The molecule has 2 aromatic rings. The monoisotopic (exact) mass is 203 g/mol. The lowest BCUT2D eigenvalue weighted by atomic mass is 10.1. The maximum Gasteiger partial charge on any atom is 0.138 e. The first kappa shape index (κ1) is 9.27.